The van der Waals surface area contributed by atoms with Crippen molar-refractivity contribution >= 4 is 62.8 Å². The Bertz CT molecular complexity index is 1350. The molecule has 0 aliphatic heterocycles. The van der Waals surface area contributed by atoms with E-state index in [4.69, 9.17) is 37.8 Å². The van der Waals surface area contributed by atoms with Gasteiger partial charge in [0.2, 0.25) is 0 Å². The Hall–Kier alpha value is -3.51. The molecular formula is C25H17BrCl2N2O5. The predicted molar refractivity (Wildman–Crippen MR) is 137 cm³/mol. The number of carboxylic acid groups (broad SMARTS) is 1. The van der Waals surface area contributed by atoms with Gasteiger partial charge in [-0.2, -0.15) is 5.26 Å². The van der Waals surface area contributed by atoms with E-state index in [2.05, 4.69) is 21.2 Å². The van der Waals surface area contributed by atoms with E-state index in [0.717, 1.165) is 5.56 Å². The number of carbonyl (C=O) groups is 2. The van der Waals surface area contributed by atoms with E-state index in [-0.39, 0.29) is 22.8 Å². The van der Waals surface area contributed by atoms with Crippen molar-refractivity contribution in [1.29, 1.82) is 5.26 Å². The van der Waals surface area contributed by atoms with E-state index in [1.165, 1.54) is 37.5 Å². The van der Waals surface area contributed by atoms with Crippen molar-refractivity contribution in [3.05, 3.63) is 91.4 Å². The van der Waals surface area contributed by atoms with Crippen molar-refractivity contribution < 1.29 is 24.2 Å². The molecule has 0 saturated heterocycles. The Morgan fingerprint density at radius 3 is 2.40 bits per heavy atom. The Morgan fingerprint density at radius 2 is 1.80 bits per heavy atom. The molecule has 0 aromatic heterocycles. The third-order valence-corrected chi connectivity index (χ3v) is 6.15. The molecule has 0 bridgehead atoms. The first-order chi connectivity index (χ1) is 16.7. The summed E-state index contributed by atoms with van der Waals surface area (Å²) in [5.74, 6) is -0.836. The summed E-state index contributed by atoms with van der Waals surface area (Å²) in [6.07, 6.45) is 1.41. The van der Waals surface area contributed by atoms with Crippen LogP contribution in [0.2, 0.25) is 10.0 Å². The third kappa shape index (κ3) is 6.76. The Balaban J connectivity index is 1.79. The fourth-order valence-corrected chi connectivity index (χ4v) is 3.65. The summed E-state index contributed by atoms with van der Waals surface area (Å²) in [5.41, 5.74) is 1.71. The molecule has 3 aromatic carbocycles. The maximum absolute atomic E-state index is 12.6. The number of ether oxygens (including phenoxy) is 2. The largest absolute Gasteiger partial charge is 0.493 e. The molecular weight excluding hydrogens is 559 g/mol. The number of carbonyl (C=O) groups excluding carboxylic acids is 1. The number of carboxylic acids is 1. The van der Waals surface area contributed by atoms with Crippen LogP contribution in [0.1, 0.15) is 21.5 Å². The number of nitriles is 1. The third-order valence-electron chi connectivity index (χ3n) is 4.72. The van der Waals surface area contributed by atoms with Gasteiger partial charge in [-0.3, -0.25) is 4.79 Å². The summed E-state index contributed by atoms with van der Waals surface area (Å²) < 4.78 is 11.8. The average molecular weight is 576 g/mol. The number of anilines is 1. The zero-order chi connectivity index (χ0) is 25.5. The van der Waals surface area contributed by atoms with E-state index in [9.17, 15) is 14.9 Å². The highest BCUT2D eigenvalue weighted by Crippen LogP contribution is 2.35. The normalized spacial score (nSPS) is 10.9. The molecule has 10 heteroatoms. The summed E-state index contributed by atoms with van der Waals surface area (Å²) in [7, 11) is 1.47. The number of hydrogen-bond acceptors (Lipinski definition) is 5. The lowest BCUT2D eigenvalue weighted by molar-refractivity contribution is -0.112. The lowest BCUT2D eigenvalue weighted by atomic mass is 10.1. The van der Waals surface area contributed by atoms with Crippen LogP contribution in [0, 0.1) is 11.3 Å². The van der Waals surface area contributed by atoms with Gasteiger partial charge in [0.25, 0.3) is 5.91 Å². The SMILES string of the molecule is COc1cc(/C=C(\C#N)C(=O)Nc2ccc(Cl)c(Cl)c2)c(Br)cc1OCc1ccc(C(=O)O)cc1. The van der Waals surface area contributed by atoms with Crippen molar-refractivity contribution in [3.8, 4) is 17.6 Å². The standard InChI is InChI=1S/C25H17BrCl2N2O5/c1-34-22-9-16(8-17(12-29)24(31)30-18-6-7-20(27)21(28)10-18)19(26)11-23(22)35-13-14-2-4-15(5-3-14)25(32)33/h2-11H,13H2,1H3,(H,30,31)(H,32,33)/b17-8+. The van der Waals surface area contributed by atoms with E-state index >= 15 is 0 Å². The first-order valence-corrected chi connectivity index (χ1v) is 11.5. The highest BCUT2D eigenvalue weighted by molar-refractivity contribution is 9.10. The molecule has 3 rings (SSSR count). The van der Waals surface area contributed by atoms with Crippen LogP contribution < -0.4 is 14.8 Å². The topological polar surface area (TPSA) is 109 Å². The second-order valence-electron chi connectivity index (χ2n) is 7.07. The summed E-state index contributed by atoms with van der Waals surface area (Å²) in [6.45, 7) is 0.174. The minimum absolute atomic E-state index is 0.147. The van der Waals surface area contributed by atoms with Crippen LogP contribution in [-0.2, 0) is 11.4 Å². The van der Waals surface area contributed by atoms with Gasteiger partial charge < -0.3 is 19.9 Å². The molecule has 0 spiro atoms. The van der Waals surface area contributed by atoms with Crippen molar-refractivity contribution in [1.82, 2.24) is 0 Å². The first kappa shape index (κ1) is 26.1. The van der Waals surface area contributed by atoms with E-state index < -0.39 is 11.9 Å². The zero-order valence-electron chi connectivity index (χ0n) is 18.1. The van der Waals surface area contributed by atoms with E-state index in [1.807, 2.05) is 6.07 Å². The average Bonchev–Trinajstić information content (AvgIpc) is 2.84. The molecule has 0 aliphatic carbocycles. The minimum Gasteiger partial charge on any atom is -0.493 e. The fourth-order valence-electron chi connectivity index (χ4n) is 2.91. The number of nitrogens with zero attached hydrogens (tertiary/aromatic N) is 1. The Labute approximate surface area is 219 Å². The van der Waals surface area contributed by atoms with Gasteiger partial charge in [0.15, 0.2) is 11.5 Å². The fraction of sp³-hybridized carbons (Fsp3) is 0.0800. The monoisotopic (exact) mass is 574 g/mol. The van der Waals surface area contributed by atoms with Gasteiger partial charge in [-0.15, -0.1) is 0 Å². The summed E-state index contributed by atoms with van der Waals surface area (Å²) in [6, 6.07) is 16.1. The van der Waals surface area contributed by atoms with Crippen molar-refractivity contribution in [3.63, 3.8) is 0 Å². The molecule has 0 aliphatic rings. The number of aromatic carboxylic acids is 1. The van der Waals surface area contributed by atoms with Crippen LogP contribution in [0.25, 0.3) is 6.08 Å². The number of benzene rings is 3. The van der Waals surface area contributed by atoms with Crippen LogP contribution in [0.15, 0.2) is 64.6 Å². The predicted octanol–water partition coefficient (Wildman–Crippen LogP) is 6.59. The number of amides is 1. The molecule has 1 amide bonds. The molecule has 0 unspecified atom stereocenters. The number of methoxy groups -OCH3 is 1. The van der Waals surface area contributed by atoms with Gasteiger partial charge >= 0.3 is 5.97 Å². The molecule has 35 heavy (non-hydrogen) atoms. The lowest BCUT2D eigenvalue weighted by Crippen LogP contribution is -2.13. The van der Waals surface area contributed by atoms with Crippen molar-refractivity contribution in [2.24, 2.45) is 0 Å². The zero-order valence-corrected chi connectivity index (χ0v) is 21.2. The molecule has 0 heterocycles. The van der Waals surface area contributed by atoms with Gasteiger partial charge in [-0.05, 0) is 59.7 Å². The van der Waals surface area contributed by atoms with Gasteiger partial charge in [-0.1, -0.05) is 51.3 Å². The molecule has 178 valence electrons. The lowest BCUT2D eigenvalue weighted by Gasteiger charge is -2.13. The van der Waals surface area contributed by atoms with Gasteiger partial charge in [-0.25, -0.2) is 4.79 Å². The number of rotatable bonds is 8. The highest BCUT2D eigenvalue weighted by Gasteiger charge is 2.15. The van der Waals surface area contributed by atoms with Crippen molar-refractivity contribution in [2.45, 2.75) is 6.61 Å². The Kier molecular flexibility index (Phi) is 8.77. The smallest absolute Gasteiger partial charge is 0.335 e. The Morgan fingerprint density at radius 1 is 1.09 bits per heavy atom. The molecule has 2 N–H and O–H groups in total. The van der Waals surface area contributed by atoms with Crippen LogP contribution in [-0.4, -0.2) is 24.1 Å². The second kappa shape index (κ2) is 11.8. The summed E-state index contributed by atoms with van der Waals surface area (Å²) in [5, 5.41) is 21.8. The van der Waals surface area contributed by atoms with Crippen LogP contribution in [0.5, 0.6) is 11.5 Å². The number of nitrogens with one attached hydrogen (secondary N) is 1. The first-order valence-electron chi connectivity index (χ1n) is 9.92. The highest BCUT2D eigenvalue weighted by atomic mass is 79.9. The molecule has 0 saturated carbocycles. The number of halogens is 3. The minimum atomic E-state index is -1.01. The van der Waals surface area contributed by atoms with Gasteiger partial charge in [0, 0.05) is 10.2 Å². The summed E-state index contributed by atoms with van der Waals surface area (Å²) in [4.78, 5) is 23.6. The van der Waals surface area contributed by atoms with Gasteiger partial charge in [0.05, 0.1) is 22.7 Å². The molecule has 7 nitrogen and oxygen atoms in total. The molecule has 0 fully saturated rings. The molecule has 0 radical (unpaired) electrons. The summed E-state index contributed by atoms with van der Waals surface area (Å²) >= 11 is 15.3. The maximum Gasteiger partial charge on any atom is 0.335 e. The quantitative estimate of drug-likeness (QED) is 0.232. The van der Waals surface area contributed by atoms with Crippen LogP contribution >= 0.6 is 39.1 Å². The van der Waals surface area contributed by atoms with Gasteiger partial charge in [0.1, 0.15) is 18.2 Å². The van der Waals surface area contributed by atoms with Crippen LogP contribution in [0.3, 0.4) is 0 Å². The maximum atomic E-state index is 12.6. The van der Waals surface area contributed by atoms with E-state index in [1.54, 1.807) is 30.3 Å². The van der Waals surface area contributed by atoms with Crippen LogP contribution in [0.4, 0.5) is 5.69 Å². The van der Waals surface area contributed by atoms with Crippen molar-refractivity contribution in [2.75, 3.05) is 12.4 Å². The second-order valence-corrected chi connectivity index (χ2v) is 8.74. The number of hydrogen-bond donors (Lipinski definition) is 2. The molecule has 3 aromatic rings. The van der Waals surface area contributed by atoms with E-state index in [0.29, 0.717) is 32.2 Å². The molecule has 0 atom stereocenters.